The lowest BCUT2D eigenvalue weighted by molar-refractivity contribution is -0.149. The van der Waals surface area contributed by atoms with Crippen molar-refractivity contribution in [1.82, 2.24) is 4.90 Å². The van der Waals surface area contributed by atoms with Crippen LogP contribution in [0.15, 0.2) is 22.7 Å². The van der Waals surface area contributed by atoms with E-state index < -0.39 is 0 Å². The van der Waals surface area contributed by atoms with E-state index in [4.69, 9.17) is 16.3 Å². The lowest BCUT2D eigenvalue weighted by atomic mass is 9.97. The van der Waals surface area contributed by atoms with Gasteiger partial charge in [0.2, 0.25) is 0 Å². The molecule has 1 amide bonds. The van der Waals surface area contributed by atoms with Gasteiger partial charge in [0, 0.05) is 22.6 Å². The molecule has 1 saturated heterocycles. The molecule has 0 spiro atoms. The molecule has 21 heavy (non-hydrogen) atoms. The topological polar surface area (TPSA) is 46.6 Å². The highest BCUT2D eigenvalue weighted by atomic mass is 79.9. The zero-order valence-electron chi connectivity index (χ0n) is 11.8. The number of nitrogens with zero attached hydrogens (tertiary/aromatic N) is 1. The van der Waals surface area contributed by atoms with Gasteiger partial charge in [0.05, 0.1) is 18.1 Å². The number of amides is 1. The minimum atomic E-state index is -0.236. The Hall–Kier alpha value is -1.07. The van der Waals surface area contributed by atoms with E-state index in [0.29, 0.717) is 34.8 Å². The van der Waals surface area contributed by atoms with Crippen molar-refractivity contribution in [2.45, 2.75) is 19.8 Å². The quantitative estimate of drug-likeness (QED) is 0.761. The Kier molecular flexibility index (Phi) is 5.65. The molecule has 1 unspecified atom stereocenters. The number of likely N-dealkylation sites (tertiary alicyclic amines) is 1. The number of halogens is 2. The van der Waals surface area contributed by atoms with Crippen molar-refractivity contribution in [3.8, 4) is 0 Å². The fourth-order valence-corrected chi connectivity index (χ4v) is 3.03. The van der Waals surface area contributed by atoms with Crippen LogP contribution in [0.4, 0.5) is 0 Å². The molecule has 114 valence electrons. The van der Waals surface area contributed by atoms with Crippen molar-refractivity contribution in [2.75, 3.05) is 19.7 Å². The molecule has 0 bridgehead atoms. The molecular weight excluding hydrogens is 358 g/mol. The predicted octanol–water partition coefficient (Wildman–Crippen LogP) is 3.52. The summed E-state index contributed by atoms with van der Waals surface area (Å²) in [6, 6.07) is 5.12. The third-order valence-corrected chi connectivity index (χ3v) is 4.41. The van der Waals surface area contributed by atoms with Crippen molar-refractivity contribution in [2.24, 2.45) is 5.92 Å². The Bertz CT molecular complexity index is 550. The summed E-state index contributed by atoms with van der Waals surface area (Å²) in [5.41, 5.74) is 0.520. The Balaban J connectivity index is 2.12. The van der Waals surface area contributed by atoms with Gasteiger partial charge in [-0.2, -0.15) is 0 Å². The highest BCUT2D eigenvalue weighted by molar-refractivity contribution is 9.10. The van der Waals surface area contributed by atoms with Crippen LogP contribution in [0.5, 0.6) is 0 Å². The maximum Gasteiger partial charge on any atom is 0.310 e. The summed E-state index contributed by atoms with van der Waals surface area (Å²) in [6.07, 6.45) is 1.56. The summed E-state index contributed by atoms with van der Waals surface area (Å²) < 4.78 is 5.75. The monoisotopic (exact) mass is 373 g/mol. The van der Waals surface area contributed by atoms with E-state index in [1.165, 1.54) is 0 Å². The maximum atomic E-state index is 12.6. The second kappa shape index (κ2) is 7.27. The molecule has 0 N–H and O–H groups in total. The first-order valence-electron chi connectivity index (χ1n) is 6.94. The van der Waals surface area contributed by atoms with E-state index in [9.17, 15) is 9.59 Å². The van der Waals surface area contributed by atoms with Gasteiger partial charge in [-0.05, 0) is 53.9 Å². The van der Waals surface area contributed by atoms with E-state index in [2.05, 4.69) is 15.9 Å². The molecule has 1 aliphatic rings. The molecule has 1 heterocycles. The van der Waals surface area contributed by atoms with Crippen molar-refractivity contribution in [3.63, 3.8) is 0 Å². The van der Waals surface area contributed by atoms with Crippen LogP contribution in [0.2, 0.25) is 5.02 Å². The van der Waals surface area contributed by atoms with Crippen LogP contribution in [0.3, 0.4) is 0 Å². The van der Waals surface area contributed by atoms with Crippen LogP contribution in [0.25, 0.3) is 0 Å². The number of piperidine rings is 1. The Morgan fingerprint density at radius 1 is 1.48 bits per heavy atom. The van der Waals surface area contributed by atoms with Crippen LogP contribution < -0.4 is 0 Å². The molecule has 6 heteroatoms. The van der Waals surface area contributed by atoms with E-state index in [1.807, 2.05) is 0 Å². The number of carbonyl (C=O) groups excluding carboxylic acids is 2. The summed E-state index contributed by atoms with van der Waals surface area (Å²) in [7, 11) is 0. The predicted molar refractivity (Wildman–Crippen MR) is 84.4 cm³/mol. The van der Waals surface area contributed by atoms with E-state index in [0.717, 1.165) is 12.8 Å². The van der Waals surface area contributed by atoms with Crippen LogP contribution in [-0.4, -0.2) is 36.5 Å². The number of hydrogen-bond donors (Lipinski definition) is 0. The molecule has 1 aromatic rings. The number of ether oxygens (including phenoxy) is 1. The first-order valence-corrected chi connectivity index (χ1v) is 8.11. The fraction of sp³-hybridized carbons (Fsp3) is 0.467. The highest BCUT2D eigenvalue weighted by Crippen LogP contribution is 2.25. The summed E-state index contributed by atoms with van der Waals surface area (Å²) in [5, 5.41) is 0.514. The minimum absolute atomic E-state index is 0.113. The first-order chi connectivity index (χ1) is 10.0. The Morgan fingerprint density at radius 2 is 2.24 bits per heavy atom. The van der Waals surface area contributed by atoms with E-state index in [-0.39, 0.29) is 17.8 Å². The molecule has 0 saturated carbocycles. The van der Waals surface area contributed by atoms with Gasteiger partial charge in [0.15, 0.2) is 0 Å². The average molecular weight is 375 g/mol. The van der Waals surface area contributed by atoms with Gasteiger partial charge in [0.25, 0.3) is 5.91 Å². The number of carbonyl (C=O) groups is 2. The second-order valence-electron chi connectivity index (χ2n) is 4.97. The van der Waals surface area contributed by atoms with Gasteiger partial charge in [-0.15, -0.1) is 0 Å². The third kappa shape index (κ3) is 3.98. The zero-order chi connectivity index (χ0) is 15.4. The number of rotatable bonds is 3. The fourth-order valence-electron chi connectivity index (χ4n) is 2.45. The second-order valence-corrected chi connectivity index (χ2v) is 6.26. The van der Waals surface area contributed by atoms with Gasteiger partial charge in [0.1, 0.15) is 0 Å². The number of esters is 1. The molecule has 0 aliphatic carbocycles. The standard InChI is InChI=1S/C15H17BrClNO3/c1-2-21-15(20)10-4-3-7-18(9-10)14(19)12-8-11(17)5-6-13(12)16/h5-6,8,10H,2-4,7,9H2,1H3. The summed E-state index contributed by atoms with van der Waals surface area (Å²) >= 11 is 9.32. The molecule has 1 aromatic carbocycles. The molecule has 2 rings (SSSR count). The SMILES string of the molecule is CCOC(=O)C1CCCN(C(=O)c2cc(Cl)ccc2Br)C1. The lowest BCUT2D eigenvalue weighted by Crippen LogP contribution is -2.42. The van der Waals surface area contributed by atoms with Crippen LogP contribution in [0.1, 0.15) is 30.1 Å². The smallest absolute Gasteiger partial charge is 0.310 e. The highest BCUT2D eigenvalue weighted by Gasteiger charge is 2.30. The Labute approximate surface area is 137 Å². The van der Waals surface area contributed by atoms with Gasteiger partial charge >= 0.3 is 5.97 Å². The molecule has 1 atom stereocenters. The van der Waals surface area contributed by atoms with Crippen molar-refractivity contribution < 1.29 is 14.3 Å². The van der Waals surface area contributed by atoms with Gasteiger partial charge < -0.3 is 9.64 Å². The summed E-state index contributed by atoms with van der Waals surface area (Å²) in [6.45, 7) is 3.19. The molecule has 1 aliphatic heterocycles. The maximum absolute atomic E-state index is 12.6. The van der Waals surface area contributed by atoms with Gasteiger partial charge in [-0.1, -0.05) is 11.6 Å². The molecule has 4 nitrogen and oxygen atoms in total. The van der Waals surface area contributed by atoms with Gasteiger partial charge in [-0.25, -0.2) is 0 Å². The first kappa shape index (κ1) is 16.3. The molecule has 0 radical (unpaired) electrons. The lowest BCUT2D eigenvalue weighted by Gasteiger charge is -2.31. The largest absolute Gasteiger partial charge is 0.466 e. The molecule has 1 fully saturated rings. The summed E-state index contributed by atoms with van der Waals surface area (Å²) in [5.74, 6) is -0.570. The number of hydrogen-bond acceptors (Lipinski definition) is 3. The average Bonchev–Trinajstić information content (AvgIpc) is 2.49. The third-order valence-electron chi connectivity index (χ3n) is 3.49. The van der Waals surface area contributed by atoms with Crippen LogP contribution in [0, 0.1) is 5.92 Å². The minimum Gasteiger partial charge on any atom is -0.466 e. The van der Waals surface area contributed by atoms with Crippen LogP contribution >= 0.6 is 27.5 Å². The molecule has 0 aromatic heterocycles. The summed E-state index contributed by atoms with van der Waals surface area (Å²) in [4.78, 5) is 26.1. The number of benzene rings is 1. The normalized spacial score (nSPS) is 18.4. The van der Waals surface area contributed by atoms with Crippen molar-refractivity contribution in [3.05, 3.63) is 33.3 Å². The van der Waals surface area contributed by atoms with Crippen molar-refractivity contribution >= 4 is 39.4 Å². The van der Waals surface area contributed by atoms with E-state index in [1.54, 1.807) is 30.0 Å². The van der Waals surface area contributed by atoms with Crippen molar-refractivity contribution in [1.29, 1.82) is 0 Å². The van der Waals surface area contributed by atoms with Gasteiger partial charge in [-0.3, -0.25) is 9.59 Å². The zero-order valence-corrected chi connectivity index (χ0v) is 14.1. The molecular formula is C15H17BrClNO3. The Morgan fingerprint density at radius 3 is 2.95 bits per heavy atom. The van der Waals surface area contributed by atoms with Crippen LogP contribution in [-0.2, 0) is 9.53 Å². The van der Waals surface area contributed by atoms with E-state index >= 15 is 0 Å².